The van der Waals surface area contributed by atoms with E-state index in [-0.39, 0.29) is 5.82 Å². The average molecular weight is 286 g/mol. The van der Waals surface area contributed by atoms with Crippen molar-refractivity contribution in [3.8, 4) is 0 Å². The van der Waals surface area contributed by atoms with E-state index >= 15 is 0 Å². The molecule has 0 N–H and O–H groups in total. The Kier molecular flexibility index (Phi) is 2.24. The minimum Gasteiger partial charge on any atom is -0.206 e. The van der Waals surface area contributed by atoms with Crippen molar-refractivity contribution in [2.45, 2.75) is 6.92 Å². The van der Waals surface area contributed by atoms with Crippen LogP contribution < -0.4 is 0 Å². The van der Waals surface area contributed by atoms with Crippen LogP contribution in [0.15, 0.2) is 30.3 Å². The molecule has 0 fully saturated rings. The minimum atomic E-state index is -0.131. The molecule has 0 aliphatic rings. The zero-order valence-electron chi connectivity index (χ0n) is 7.14. The number of benzene rings is 2. The van der Waals surface area contributed by atoms with Gasteiger partial charge in [-0.05, 0) is 46.5 Å². The van der Waals surface area contributed by atoms with Gasteiger partial charge in [-0.2, -0.15) is 0 Å². The quantitative estimate of drug-likeness (QED) is 0.644. The lowest BCUT2D eigenvalue weighted by Crippen LogP contribution is -1.87. The second-order valence-electron chi connectivity index (χ2n) is 3.03. The predicted octanol–water partition coefficient (Wildman–Crippen LogP) is 3.89. The molecule has 13 heavy (non-hydrogen) atoms. The molecule has 0 atom stereocenters. The summed E-state index contributed by atoms with van der Waals surface area (Å²) in [6, 6.07) is 9.14. The molecular formula is C11H8FI. The van der Waals surface area contributed by atoms with Crippen LogP contribution in [0.2, 0.25) is 0 Å². The highest BCUT2D eigenvalue weighted by atomic mass is 127. The number of fused-ring (bicyclic) bond motifs is 1. The van der Waals surface area contributed by atoms with Gasteiger partial charge >= 0.3 is 0 Å². The highest BCUT2D eigenvalue weighted by Gasteiger charge is 2.05. The van der Waals surface area contributed by atoms with Gasteiger partial charge in [-0.1, -0.05) is 24.3 Å². The van der Waals surface area contributed by atoms with Crippen molar-refractivity contribution in [3.05, 3.63) is 45.3 Å². The smallest absolute Gasteiger partial charge is 0.131 e. The van der Waals surface area contributed by atoms with Crippen LogP contribution in [0.5, 0.6) is 0 Å². The Hall–Kier alpha value is -0.640. The third-order valence-electron chi connectivity index (χ3n) is 2.11. The Balaban J connectivity index is 2.97. The lowest BCUT2D eigenvalue weighted by Gasteiger charge is -2.04. The molecule has 66 valence electrons. The summed E-state index contributed by atoms with van der Waals surface area (Å²) in [5.41, 5.74) is 0.997. The van der Waals surface area contributed by atoms with Crippen molar-refractivity contribution in [1.82, 2.24) is 0 Å². The first-order valence-electron chi connectivity index (χ1n) is 4.03. The maximum absolute atomic E-state index is 13.4. The van der Waals surface area contributed by atoms with Gasteiger partial charge in [-0.15, -0.1) is 0 Å². The van der Waals surface area contributed by atoms with Gasteiger partial charge in [0.15, 0.2) is 0 Å². The highest BCUT2D eigenvalue weighted by Crippen LogP contribution is 2.25. The van der Waals surface area contributed by atoms with Crippen LogP contribution in [-0.2, 0) is 0 Å². The SMILES string of the molecule is Cc1cc(F)c2ccccc2c1I. The molecule has 0 aliphatic heterocycles. The van der Waals surface area contributed by atoms with Gasteiger partial charge in [0.1, 0.15) is 5.82 Å². The summed E-state index contributed by atoms with van der Waals surface area (Å²) in [6.07, 6.45) is 0. The van der Waals surface area contributed by atoms with Crippen molar-refractivity contribution >= 4 is 33.4 Å². The second-order valence-corrected chi connectivity index (χ2v) is 4.11. The first-order valence-corrected chi connectivity index (χ1v) is 5.11. The Morgan fingerprint density at radius 3 is 2.46 bits per heavy atom. The molecule has 0 amide bonds. The van der Waals surface area contributed by atoms with Crippen molar-refractivity contribution in [1.29, 1.82) is 0 Å². The standard InChI is InChI=1S/C11H8FI/c1-7-6-10(12)8-4-2-3-5-9(8)11(7)13/h2-6H,1H3. The monoisotopic (exact) mass is 286 g/mol. The highest BCUT2D eigenvalue weighted by molar-refractivity contribution is 14.1. The molecular weight excluding hydrogens is 278 g/mol. The number of hydrogen-bond acceptors (Lipinski definition) is 0. The van der Waals surface area contributed by atoms with Crippen molar-refractivity contribution < 1.29 is 4.39 Å². The Morgan fingerprint density at radius 1 is 1.15 bits per heavy atom. The summed E-state index contributed by atoms with van der Waals surface area (Å²) in [5.74, 6) is -0.131. The summed E-state index contributed by atoms with van der Waals surface area (Å²) >= 11 is 2.25. The van der Waals surface area contributed by atoms with Gasteiger partial charge in [0, 0.05) is 8.96 Å². The van der Waals surface area contributed by atoms with E-state index in [9.17, 15) is 4.39 Å². The molecule has 0 saturated carbocycles. The van der Waals surface area contributed by atoms with E-state index in [1.165, 1.54) is 0 Å². The first kappa shape index (κ1) is 8.94. The number of hydrogen-bond donors (Lipinski definition) is 0. The third kappa shape index (κ3) is 1.43. The van der Waals surface area contributed by atoms with Crippen LogP contribution in [0.3, 0.4) is 0 Å². The van der Waals surface area contributed by atoms with E-state index in [1.54, 1.807) is 6.07 Å². The van der Waals surface area contributed by atoms with Gasteiger partial charge < -0.3 is 0 Å². The maximum Gasteiger partial charge on any atom is 0.131 e. The predicted molar refractivity (Wildman–Crippen MR) is 61.4 cm³/mol. The van der Waals surface area contributed by atoms with E-state index in [4.69, 9.17) is 0 Å². The fraction of sp³-hybridized carbons (Fsp3) is 0.0909. The summed E-state index contributed by atoms with van der Waals surface area (Å²) in [4.78, 5) is 0. The molecule has 0 aliphatic carbocycles. The minimum absolute atomic E-state index is 0.131. The second kappa shape index (κ2) is 3.25. The molecule has 0 unspecified atom stereocenters. The van der Waals surface area contributed by atoms with Crippen LogP contribution in [0.1, 0.15) is 5.56 Å². The van der Waals surface area contributed by atoms with E-state index in [0.717, 1.165) is 14.5 Å². The third-order valence-corrected chi connectivity index (χ3v) is 3.54. The lowest BCUT2D eigenvalue weighted by molar-refractivity contribution is 0.638. The van der Waals surface area contributed by atoms with Crippen LogP contribution in [0, 0.1) is 16.3 Å². The van der Waals surface area contributed by atoms with Gasteiger partial charge in [-0.3, -0.25) is 0 Å². The zero-order valence-corrected chi connectivity index (χ0v) is 9.30. The van der Waals surface area contributed by atoms with Crippen LogP contribution in [0.4, 0.5) is 4.39 Å². The number of rotatable bonds is 0. The summed E-state index contributed by atoms with van der Waals surface area (Å²) in [5, 5.41) is 1.71. The molecule has 0 heterocycles. The van der Waals surface area contributed by atoms with Gasteiger partial charge in [0.05, 0.1) is 0 Å². The molecule has 0 nitrogen and oxygen atoms in total. The molecule has 0 aromatic heterocycles. The summed E-state index contributed by atoms with van der Waals surface area (Å²) in [7, 11) is 0. The van der Waals surface area contributed by atoms with Crippen molar-refractivity contribution in [2.24, 2.45) is 0 Å². The maximum atomic E-state index is 13.4. The van der Waals surface area contributed by atoms with Gasteiger partial charge in [-0.25, -0.2) is 4.39 Å². The summed E-state index contributed by atoms with van der Waals surface area (Å²) in [6.45, 7) is 1.93. The fourth-order valence-corrected chi connectivity index (χ4v) is 2.05. The number of halogens is 2. The van der Waals surface area contributed by atoms with Crippen molar-refractivity contribution in [2.75, 3.05) is 0 Å². The van der Waals surface area contributed by atoms with Crippen LogP contribution >= 0.6 is 22.6 Å². The first-order chi connectivity index (χ1) is 6.20. The molecule has 2 rings (SSSR count). The molecule has 2 heteroatoms. The van der Waals surface area contributed by atoms with E-state index in [1.807, 2.05) is 31.2 Å². The van der Waals surface area contributed by atoms with E-state index < -0.39 is 0 Å². The topological polar surface area (TPSA) is 0 Å². The fourth-order valence-electron chi connectivity index (χ4n) is 1.43. The van der Waals surface area contributed by atoms with Crippen molar-refractivity contribution in [3.63, 3.8) is 0 Å². The molecule has 2 aromatic carbocycles. The lowest BCUT2D eigenvalue weighted by atomic mass is 10.1. The molecule has 0 saturated heterocycles. The van der Waals surface area contributed by atoms with E-state index in [0.29, 0.717) is 5.39 Å². The summed E-state index contributed by atoms with van der Waals surface area (Å²) < 4.78 is 14.6. The molecule has 0 radical (unpaired) electrons. The van der Waals surface area contributed by atoms with Gasteiger partial charge in [0.2, 0.25) is 0 Å². The molecule has 2 aromatic rings. The Labute approximate surface area is 89.9 Å². The average Bonchev–Trinajstić information content (AvgIpc) is 2.15. The van der Waals surface area contributed by atoms with Gasteiger partial charge in [0.25, 0.3) is 0 Å². The van der Waals surface area contributed by atoms with Crippen LogP contribution in [0.25, 0.3) is 10.8 Å². The zero-order chi connectivity index (χ0) is 9.42. The Bertz CT molecular complexity index is 463. The van der Waals surface area contributed by atoms with E-state index in [2.05, 4.69) is 22.6 Å². The Morgan fingerprint density at radius 2 is 1.77 bits per heavy atom. The molecule has 0 spiro atoms. The number of aryl methyl sites for hydroxylation is 1. The molecule has 0 bridgehead atoms. The normalized spacial score (nSPS) is 10.7. The van der Waals surface area contributed by atoms with Crippen LogP contribution in [-0.4, -0.2) is 0 Å². The largest absolute Gasteiger partial charge is 0.206 e.